The van der Waals surface area contributed by atoms with E-state index >= 15 is 0 Å². The van der Waals surface area contributed by atoms with Crippen molar-refractivity contribution in [3.8, 4) is 0 Å². The minimum atomic E-state index is -0.725. The van der Waals surface area contributed by atoms with Crippen molar-refractivity contribution in [1.82, 2.24) is 4.90 Å². The number of aliphatic imine (C=N–C) groups is 2. The number of carbonyl (C=O) groups is 2. The number of aliphatic hydroxyl groups is 1. The molecule has 0 aromatic carbocycles. The summed E-state index contributed by atoms with van der Waals surface area (Å²) in [5.41, 5.74) is -0.508. The van der Waals surface area contributed by atoms with Crippen LogP contribution in [0.25, 0.3) is 0 Å². The summed E-state index contributed by atoms with van der Waals surface area (Å²) in [7, 11) is 1.58. The second-order valence-electron chi connectivity index (χ2n) is 5.61. The molecule has 2 rings (SSSR count). The van der Waals surface area contributed by atoms with E-state index in [1.54, 1.807) is 20.9 Å². The number of amidine groups is 1. The first-order valence-electron chi connectivity index (χ1n) is 6.61. The number of amides is 3. The summed E-state index contributed by atoms with van der Waals surface area (Å²) in [6.07, 6.45) is 3.30. The van der Waals surface area contributed by atoms with Gasteiger partial charge in [-0.15, -0.1) is 0 Å². The maximum atomic E-state index is 12.2. The highest BCUT2D eigenvalue weighted by molar-refractivity contribution is 6.69. The molecule has 7 heteroatoms. The van der Waals surface area contributed by atoms with Crippen molar-refractivity contribution >= 4 is 29.8 Å². The van der Waals surface area contributed by atoms with Gasteiger partial charge in [0.2, 0.25) is 5.71 Å². The molecule has 20 heavy (non-hydrogen) atoms. The molecule has 3 amide bonds. The van der Waals surface area contributed by atoms with Crippen LogP contribution in [0.15, 0.2) is 9.98 Å². The Morgan fingerprint density at radius 1 is 1.35 bits per heavy atom. The third-order valence-electron chi connectivity index (χ3n) is 3.28. The topological polar surface area (TPSA) is 85.3 Å². The molecule has 0 aromatic rings. The summed E-state index contributed by atoms with van der Waals surface area (Å²) in [6, 6.07) is -0.383. The molecule has 2 aliphatic rings. The number of hydrogen-bond donors (Lipinski definition) is 1. The molecule has 0 bridgehead atoms. The van der Waals surface area contributed by atoms with Crippen molar-refractivity contribution in [3.05, 3.63) is 0 Å². The second-order valence-corrected chi connectivity index (χ2v) is 5.61. The fourth-order valence-corrected chi connectivity index (χ4v) is 2.17. The first-order chi connectivity index (χ1) is 9.31. The molecule has 0 fully saturated rings. The first-order valence-corrected chi connectivity index (χ1v) is 6.61. The molecule has 0 saturated carbocycles. The van der Waals surface area contributed by atoms with Gasteiger partial charge < -0.3 is 5.11 Å². The Morgan fingerprint density at radius 2 is 2.05 bits per heavy atom. The van der Waals surface area contributed by atoms with E-state index in [0.717, 1.165) is 6.42 Å². The van der Waals surface area contributed by atoms with Crippen molar-refractivity contribution < 1.29 is 19.3 Å². The zero-order chi connectivity index (χ0) is 14.9. The van der Waals surface area contributed by atoms with E-state index in [1.807, 2.05) is 0 Å². The van der Waals surface area contributed by atoms with Crippen molar-refractivity contribution in [2.75, 3.05) is 13.6 Å². The van der Waals surface area contributed by atoms with Crippen LogP contribution in [0.1, 0.15) is 33.1 Å². The van der Waals surface area contributed by atoms with Gasteiger partial charge in [0.1, 0.15) is 0 Å². The SMILES string of the molecule is C[N+]1=C2N=CN=C2C(=O)N(CCCCC(C)(C)O)C1=O. The van der Waals surface area contributed by atoms with Crippen LogP contribution in [-0.4, -0.2) is 63.6 Å². The minimum absolute atomic E-state index is 0.217. The van der Waals surface area contributed by atoms with Gasteiger partial charge in [-0.2, -0.15) is 9.48 Å². The van der Waals surface area contributed by atoms with Gasteiger partial charge in [0.25, 0.3) is 5.84 Å². The van der Waals surface area contributed by atoms with Gasteiger partial charge in [-0.25, -0.2) is 14.6 Å². The van der Waals surface area contributed by atoms with E-state index < -0.39 is 11.5 Å². The standard InChI is InChI=1S/C13H19N4O3/c1-13(2,20)6-4-5-7-17-11(18)9-10(15-8-14-9)16(3)12(17)19/h8,20H,4-7H2,1-3H3/q+1. The fourth-order valence-electron chi connectivity index (χ4n) is 2.17. The largest absolute Gasteiger partial charge is 0.446 e. The number of fused-ring (bicyclic) bond motifs is 1. The van der Waals surface area contributed by atoms with Gasteiger partial charge in [0, 0.05) is 0 Å². The first kappa shape index (κ1) is 14.5. The van der Waals surface area contributed by atoms with E-state index in [1.165, 1.54) is 15.8 Å². The summed E-state index contributed by atoms with van der Waals surface area (Å²) in [5, 5.41) is 9.63. The van der Waals surface area contributed by atoms with Gasteiger partial charge in [0.05, 0.1) is 19.2 Å². The Kier molecular flexibility index (Phi) is 3.80. The van der Waals surface area contributed by atoms with Crippen LogP contribution in [-0.2, 0) is 4.79 Å². The predicted molar refractivity (Wildman–Crippen MR) is 74.4 cm³/mol. The molecule has 0 aliphatic carbocycles. The quantitative estimate of drug-likeness (QED) is 0.584. The highest BCUT2D eigenvalue weighted by atomic mass is 16.3. The van der Waals surface area contributed by atoms with Crippen molar-refractivity contribution in [2.45, 2.75) is 38.7 Å². The Hall–Kier alpha value is -1.89. The van der Waals surface area contributed by atoms with E-state index in [9.17, 15) is 14.7 Å². The molecule has 0 aromatic heterocycles. The van der Waals surface area contributed by atoms with E-state index in [-0.39, 0.29) is 11.7 Å². The monoisotopic (exact) mass is 279 g/mol. The maximum Gasteiger partial charge on any atom is 0.446 e. The molecule has 0 radical (unpaired) electrons. The average Bonchev–Trinajstić information content (AvgIpc) is 2.83. The highest BCUT2D eigenvalue weighted by Crippen LogP contribution is 2.14. The Balaban J connectivity index is 2.00. The molecular formula is C13H19N4O3+. The van der Waals surface area contributed by atoms with E-state index in [4.69, 9.17) is 0 Å². The van der Waals surface area contributed by atoms with Crippen LogP contribution in [0.2, 0.25) is 0 Å². The third-order valence-corrected chi connectivity index (χ3v) is 3.28. The van der Waals surface area contributed by atoms with Gasteiger partial charge in [-0.3, -0.25) is 0 Å². The van der Waals surface area contributed by atoms with Gasteiger partial charge in [-0.1, -0.05) is 4.99 Å². The second kappa shape index (κ2) is 5.24. The van der Waals surface area contributed by atoms with Crippen LogP contribution in [0.3, 0.4) is 0 Å². The molecule has 0 spiro atoms. The van der Waals surface area contributed by atoms with E-state index in [2.05, 4.69) is 9.98 Å². The Morgan fingerprint density at radius 3 is 2.70 bits per heavy atom. The highest BCUT2D eigenvalue weighted by Gasteiger charge is 2.44. The molecule has 7 nitrogen and oxygen atoms in total. The van der Waals surface area contributed by atoms with Crippen molar-refractivity contribution in [2.24, 2.45) is 9.98 Å². The van der Waals surface area contributed by atoms with Gasteiger partial charge in [0.15, 0.2) is 6.34 Å². The smallest absolute Gasteiger partial charge is 0.390 e. The van der Waals surface area contributed by atoms with Crippen molar-refractivity contribution in [1.29, 1.82) is 0 Å². The maximum absolute atomic E-state index is 12.2. The number of imide groups is 1. The lowest BCUT2D eigenvalue weighted by molar-refractivity contribution is -0.401. The lowest BCUT2D eigenvalue weighted by atomic mass is 10.0. The third kappa shape index (κ3) is 2.82. The molecule has 1 N–H and O–H groups in total. The lowest BCUT2D eigenvalue weighted by Crippen LogP contribution is -2.53. The zero-order valence-corrected chi connectivity index (χ0v) is 12.0. The normalized spacial score (nSPS) is 18.8. The summed E-state index contributed by atoms with van der Waals surface area (Å²) in [6.45, 7) is 3.80. The molecule has 2 aliphatic heterocycles. The van der Waals surface area contributed by atoms with Crippen LogP contribution >= 0.6 is 0 Å². The average molecular weight is 279 g/mol. The lowest BCUT2D eigenvalue weighted by Gasteiger charge is -2.21. The summed E-state index contributed by atoms with van der Waals surface area (Å²) in [4.78, 5) is 33.3. The molecule has 0 unspecified atom stereocenters. The summed E-state index contributed by atoms with van der Waals surface area (Å²) in [5.74, 6) is -0.0865. The summed E-state index contributed by atoms with van der Waals surface area (Å²) < 4.78 is 1.33. The fraction of sp³-hybridized carbons (Fsp3) is 0.615. The summed E-state index contributed by atoms with van der Waals surface area (Å²) >= 11 is 0. The van der Waals surface area contributed by atoms with Crippen LogP contribution < -0.4 is 0 Å². The van der Waals surface area contributed by atoms with E-state index in [0.29, 0.717) is 25.2 Å². The molecule has 0 atom stereocenters. The number of rotatable bonds is 5. The molecular weight excluding hydrogens is 260 g/mol. The molecule has 108 valence electrons. The zero-order valence-electron chi connectivity index (χ0n) is 12.0. The Bertz CT molecular complexity index is 540. The van der Waals surface area contributed by atoms with Gasteiger partial charge >= 0.3 is 11.9 Å². The molecule has 2 heterocycles. The number of unbranched alkanes of at least 4 members (excludes halogenated alkanes) is 1. The van der Waals surface area contributed by atoms with Crippen LogP contribution in [0, 0.1) is 0 Å². The predicted octanol–water partition coefficient (Wildman–Crippen LogP) is 0.413. The van der Waals surface area contributed by atoms with Crippen molar-refractivity contribution in [3.63, 3.8) is 0 Å². The van der Waals surface area contributed by atoms with Crippen LogP contribution in [0.5, 0.6) is 0 Å². The minimum Gasteiger partial charge on any atom is -0.390 e. The van der Waals surface area contributed by atoms with Gasteiger partial charge in [-0.05, 0) is 33.1 Å². The number of nitrogens with zero attached hydrogens (tertiary/aromatic N) is 4. The molecule has 0 saturated heterocycles. The number of hydrogen-bond acceptors (Lipinski definition) is 5. The number of carbonyl (C=O) groups excluding carboxylic acids is 2. The Labute approximate surface area is 117 Å². The van der Waals surface area contributed by atoms with Crippen LogP contribution in [0.4, 0.5) is 4.79 Å². The number of urea groups is 1.